The van der Waals surface area contributed by atoms with Gasteiger partial charge in [0.2, 0.25) is 5.13 Å². The second-order valence-corrected chi connectivity index (χ2v) is 6.06. The highest BCUT2D eigenvalue weighted by Gasteiger charge is 2.08. The van der Waals surface area contributed by atoms with Crippen molar-refractivity contribution in [2.24, 2.45) is 4.99 Å². The molecule has 0 saturated heterocycles. The first-order chi connectivity index (χ1) is 11.1. The third-order valence-electron chi connectivity index (χ3n) is 3.26. The molecular weight excluding hydrogens is 310 g/mol. The second-order valence-electron chi connectivity index (χ2n) is 4.87. The maximum atomic E-state index is 10.6. The van der Waals surface area contributed by atoms with Crippen LogP contribution in [-0.2, 0) is 0 Å². The number of nitrogens with zero attached hydrogens (tertiary/aromatic N) is 3. The number of aliphatic imine (C=N–C) groups is 1. The van der Waals surface area contributed by atoms with Gasteiger partial charge >= 0.3 is 0 Å². The van der Waals surface area contributed by atoms with Crippen LogP contribution in [0.2, 0.25) is 0 Å². The molecule has 5 nitrogen and oxygen atoms in total. The van der Waals surface area contributed by atoms with E-state index in [0.29, 0.717) is 5.13 Å². The molecule has 0 bridgehead atoms. The van der Waals surface area contributed by atoms with Gasteiger partial charge in [-0.3, -0.25) is 10.1 Å². The van der Waals surface area contributed by atoms with Crippen molar-refractivity contribution in [3.8, 4) is 11.3 Å². The van der Waals surface area contributed by atoms with E-state index in [9.17, 15) is 10.1 Å². The van der Waals surface area contributed by atoms with Crippen LogP contribution in [0.5, 0.6) is 0 Å². The summed E-state index contributed by atoms with van der Waals surface area (Å²) in [6.45, 7) is 2.02. The molecule has 23 heavy (non-hydrogen) atoms. The largest absolute Gasteiger partial charge is 0.269 e. The first-order valence-electron chi connectivity index (χ1n) is 6.95. The van der Waals surface area contributed by atoms with E-state index in [1.165, 1.54) is 23.5 Å². The Morgan fingerprint density at radius 1 is 1.13 bits per heavy atom. The zero-order valence-corrected chi connectivity index (χ0v) is 13.2. The van der Waals surface area contributed by atoms with Gasteiger partial charge in [0.05, 0.1) is 10.6 Å². The predicted molar refractivity (Wildman–Crippen MR) is 92.6 cm³/mol. The van der Waals surface area contributed by atoms with Crippen LogP contribution in [0.3, 0.4) is 0 Å². The van der Waals surface area contributed by atoms with E-state index in [1.54, 1.807) is 18.3 Å². The van der Waals surface area contributed by atoms with Crippen molar-refractivity contribution in [2.45, 2.75) is 6.92 Å². The molecule has 114 valence electrons. The summed E-state index contributed by atoms with van der Waals surface area (Å²) in [6, 6.07) is 16.2. The molecule has 0 fully saturated rings. The molecule has 0 aliphatic carbocycles. The molecular formula is C17H13N3O2S. The van der Waals surface area contributed by atoms with Crippen LogP contribution < -0.4 is 0 Å². The summed E-state index contributed by atoms with van der Waals surface area (Å²) in [5.41, 5.74) is 2.87. The van der Waals surface area contributed by atoms with Gasteiger partial charge in [0.15, 0.2) is 0 Å². The Kier molecular flexibility index (Phi) is 4.25. The Morgan fingerprint density at radius 2 is 1.83 bits per heavy atom. The number of non-ortho nitro benzene ring substituents is 1. The fraction of sp³-hybridized carbons (Fsp3) is 0.0588. The van der Waals surface area contributed by atoms with Crippen LogP contribution in [0, 0.1) is 17.0 Å². The molecule has 1 heterocycles. The quantitative estimate of drug-likeness (QED) is 0.394. The Labute approximate surface area is 137 Å². The van der Waals surface area contributed by atoms with Crippen LogP contribution in [0.15, 0.2) is 59.6 Å². The van der Waals surface area contributed by atoms with Crippen LogP contribution >= 0.6 is 11.3 Å². The highest BCUT2D eigenvalue weighted by molar-refractivity contribution is 7.15. The lowest BCUT2D eigenvalue weighted by Gasteiger charge is -1.96. The molecule has 0 atom stereocenters. The summed E-state index contributed by atoms with van der Waals surface area (Å²) in [6.07, 6.45) is 1.66. The van der Waals surface area contributed by atoms with Crippen LogP contribution in [0.25, 0.3) is 11.3 Å². The van der Waals surface area contributed by atoms with E-state index in [0.717, 1.165) is 21.7 Å². The predicted octanol–water partition coefficient (Wildman–Crippen LogP) is 4.78. The monoisotopic (exact) mass is 323 g/mol. The van der Waals surface area contributed by atoms with Gasteiger partial charge in [0, 0.05) is 28.8 Å². The highest BCUT2D eigenvalue weighted by Crippen LogP contribution is 2.31. The smallest absolute Gasteiger partial charge is 0.258 e. The molecule has 6 heteroatoms. The van der Waals surface area contributed by atoms with E-state index in [4.69, 9.17) is 0 Å². The van der Waals surface area contributed by atoms with Crippen molar-refractivity contribution >= 4 is 28.4 Å². The van der Waals surface area contributed by atoms with Crippen molar-refractivity contribution in [2.75, 3.05) is 0 Å². The lowest BCUT2D eigenvalue weighted by molar-refractivity contribution is -0.384. The van der Waals surface area contributed by atoms with Gasteiger partial charge in [-0.15, -0.1) is 0 Å². The van der Waals surface area contributed by atoms with E-state index < -0.39 is 4.92 Å². The Morgan fingerprint density at radius 3 is 2.48 bits per heavy atom. The summed E-state index contributed by atoms with van der Waals surface area (Å²) in [5, 5.41) is 11.3. The summed E-state index contributed by atoms with van der Waals surface area (Å²) in [7, 11) is 0. The zero-order valence-electron chi connectivity index (χ0n) is 12.3. The fourth-order valence-corrected chi connectivity index (χ4v) is 2.89. The molecule has 3 aromatic rings. The minimum atomic E-state index is -0.419. The first-order valence-corrected chi connectivity index (χ1v) is 7.76. The number of nitro groups is 1. The molecule has 2 aromatic carbocycles. The molecule has 0 N–H and O–H groups in total. The van der Waals surface area contributed by atoms with Crippen LogP contribution in [-0.4, -0.2) is 16.1 Å². The van der Waals surface area contributed by atoms with E-state index in [-0.39, 0.29) is 5.69 Å². The molecule has 1 aromatic heterocycles. The van der Waals surface area contributed by atoms with E-state index in [2.05, 4.69) is 9.98 Å². The number of rotatable bonds is 4. The lowest BCUT2D eigenvalue weighted by atomic mass is 10.1. The first kappa shape index (κ1) is 15.1. The second kappa shape index (κ2) is 6.50. The normalized spacial score (nSPS) is 11.0. The van der Waals surface area contributed by atoms with E-state index in [1.807, 2.05) is 37.3 Å². The summed E-state index contributed by atoms with van der Waals surface area (Å²) >= 11 is 1.52. The van der Waals surface area contributed by atoms with Crippen LogP contribution in [0.4, 0.5) is 10.8 Å². The van der Waals surface area contributed by atoms with Crippen molar-refractivity contribution in [1.29, 1.82) is 0 Å². The Balaban J connectivity index is 1.82. The van der Waals surface area contributed by atoms with Gasteiger partial charge in [-0.1, -0.05) is 41.7 Å². The topological polar surface area (TPSA) is 68.4 Å². The third kappa shape index (κ3) is 3.49. The molecule has 0 aliphatic rings. The molecule has 3 rings (SSSR count). The SMILES string of the molecule is Cc1sc(N=Cc2ccc([N+](=O)[O-])cc2)nc1-c1ccccc1. The zero-order chi connectivity index (χ0) is 16.2. The molecule has 0 unspecified atom stereocenters. The van der Waals surface area contributed by atoms with Crippen molar-refractivity contribution in [3.63, 3.8) is 0 Å². The third-order valence-corrected chi connectivity index (χ3v) is 4.14. The van der Waals surface area contributed by atoms with Gasteiger partial charge in [-0.25, -0.2) is 9.98 Å². The summed E-state index contributed by atoms with van der Waals surface area (Å²) in [5.74, 6) is 0. The number of aromatic nitrogens is 1. The average molecular weight is 323 g/mol. The molecule has 0 amide bonds. The van der Waals surface area contributed by atoms with Gasteiger partial charge in [-0.2, -0.15) is 0 Å². The van der Waals surface area contributed by atoms with Crippen molar-refractivity contribution < 1.29 is 4.92 Å². The van der Waals surface area contributed by atoms with Gasteiger partial charge < -0.3 is 0 Å². The maximum Gasteiger partial charge on any atom is 0.269 e. The number of hydrogen-bond acceptors (Lipinski definition) is 5. The number of benzene rings is 2. The minimum Gasteiger partial charge on any atom is -0.258 e. The minimum absolute atomic E-state index is 0.0682. The maximum absolute atomic E-state index is 10.6. The number of thiazole rings is 1. The number of aryl methyl sites for hydroxylation is 1. The standard InChI is InChI=1S/C17H13N3O2S/c1-12-16(14-5-3-2-4-6-14)19-17(23-12)18-11-13-7-9-15(10-8-13)20(21)22/h2-11H,1H3. The Bertz CT molecular complexity index is 855. The van der Waals surface area contributed by atoms with E-state index >= 15 is 0 Å². The van der Waals surface area contributed by atoms with Gasteiger partial charge in [0.1, 0.15) is 0 Å². The molecule has 0 radical (unpaired) electrons. The highest BCUT2D eigenvalue weighted by atomic mass is 32.1. The number of nitro benzene ring substituents is 1. The fourth-order valence-electron chi connectivity index (χ4n) is 2.11. The average Bonchev–Trinajstić information content (AvgIpc) is 2.95. The van der Waals surface area contributed by atoms with Gasteiger partial charge in [-0.05, 0) is 24.6 Å². The molecule has 0 spiro atoms. The van der Waals surface area contributed by atoms with Crippen LogP contribution in [0.1, 0.15) is 10.4 Å². The Hall–Kier alpha value is -2.86. The molecule has 0 aliphatic heterocycles. The summed E-state index contributed by atoms with van der Waals surface area (Å²) in [4.78, 5) is 20.2. The van der Waals surface area contributed by atoms with Crippen molar-refractivity contribution in [1.82, 2.24) is 4.98 Å². The van der Waals surface area contributed by atoms with Crippen molar-refractivity contribution in [3.05, 3.63) is 75.2 Å². The molecule has 0 saturated carbocycles. The summed E-state index contributed by atoms with van der Waals surface area (Å²) < 4.78 is 0. The lowest BCUT2D eigenvalue weighted by Crippen LogP contribution is -1.88. The number of hydrogen-bond donors (Lipinski definition) is 0. The van der Waals surface area contributed by atoms with Gasteiger partial charge in [0.25, 0.3) is 5.69 Å².